The van der Waals surface area contributed by atoms with Crippen molar-refractivity contribution in [2.75, 3.05) is 20.8 Å². The van der Waals surface area contributed by atoms with Crippen LogP contribution in [0.2, 0.25) is 0 Å². The van der Waals surface area contributed by atoms with Crippen LogP contribution in [-0.2, 0) is 14.3 Å². The largest absolute Gasteiger partial charge is 0.494 e. The zero-order valence-corrected chi connectivity index (χ0v) is 16.6. The molecule has 4 nitrogen and oxygen atoms in total. The second-order valence-corrected chi connectivity index (χ2v) is 6.68. The summed E-state index contributed by atoms with van der Waals surface area (Å²) in [5.74, 6) is -0.238. The van der Waals surface area contributed by atoms with Crippen molar-refractivity contribution in [3.8, 4) is 16.9 Å². The van der Waals surface area contributed by atoms with Crippen molar-refractivity contribution >= 4 is 5.78 Å². The third-order valence-corrected chi connectivity index (χ3v) is 4.81. The van der Waals surface area contributed by atoms with Gasteiger partial charge in [0.1, 0.15) is 5.75 Å². The standard InChI is InChI=1S/C23H30O4/c1-23(25-2,26-3)22(24)13-9-4-5-10-18-27-21-16-14-20(15-17-21)19-11-7-6-8-12-19/h6-8,11-12,14-17H,4-5,9-10,13,18H2,1-3H3. The summed E-state index contributed by atoms with van der Waals surface area (Å²) in [5, 5.41) is 0. The molecule has 0 aliphatic rings. The number of rotatable bonds is 12. The van der Waals surface area contributed by atoms with E-state index in [4.69, 9.17) is 14.2 Å². The fraction of sp³-hybridized carbons (Fsp3) is 0.435. The predicted octanol–water partition coefficient (Wildman–Crippen LogP) is 5.26. The Hall–Kier alpha value is -2.17. The van der Waals surface area contributed by atoms with Crippen LogP contribution in [0.15, 0.2) is 54.6 Å². The summed E-state index contributed by atoms with van der Waals surface area (Å²) in [5.41, 5.74) is 2.39. The molecule has 0 heterocycles. The SMILES string of the molecule is COC(C)(OC)C(=O)CCCCCCOc1ccc(-c2ccccc2)cc1. The molecule has 4 heteroatoms. The van der Waals surface area contributed by atoms with E-state index in [-0.39, 0.29) is 5.78 Å². The summed E-state index contributed by atoms with van der Waals surface area (Å²) in [6.45, 7) is 2.35. The molecule has 0 radical (unpaired) electrons. The van der Waals surface area contributed by atoms with Gasteiger partial charge >= 0.3 is 0 Å². The molecular formula is C23H30O4. The lowest BCUT2D eigenvalue weighted by Crippen LogP contribution is -2.39. The molecule has 27 heavy (non-hydrogen) atoms. The van der Waals surface area contributed by atoms with Gasteiger partial charge in [0.2, 0.25) is 5.79 Å². The van der Waals surface area contributed by atoms with Gasteiger partial charge in [-0.2, -0.15) is 0 Å². The minimum atomic E-state index is -1.12. The Balaban J connectivity index is 1.61. The molecule has 0 aliphatic heterocycles. The van der Waals surface area contributed by atoms with Crippen LogP contribution in [0.1, 0.15) is 39.0 Å². The molecule has 0 atom stereocenters. The minimum Gasteiger partial charge on any atom is -0.494 e. The Morgan fingerprint density at radius 1 is 0.815 bits per heavy atom. The van der Waals surface area contributed by atoms with Gasteiger partial charge < -0.3 is 14.2 Å². The first-order chi connectivity index (χ1) is 13.1. The molecule has 146 valence electrons. The average Bonchev–Trinajstić information content (AvgIpc) is 2.73. The van der Waals surface area contributed by atoms with Gasteiger partial charge in [0, 0.05) is 20.6 Å². The Morgan fingerprint density at radius 2 is 1.41 bits per heavy atom. The molecule has 0 amide bonds. The highest BCUT2D eigenvalue weighted by atomic mass is 16.7. The number of hydrogen-bond acceptors (Lipinski definition) is 4. The second-order valence-electron chi connectivity index (χ2n) is 6.68. The van der Waals surface area contributed by atoms with Crippen LogP contribution >= 0.6 is 0 Å². The first-order valence-corrected chi connectivity index (χ1v) is 9.51. The van der Waals surface area contributed by atoms with Crippen molar-refractivity contribution in [2.24, 2.45) is 0 Å². The number of unbranched alkanes of at least 4 members (excludes halogenated alkanes) is 3. The predicted molar refractivity (Wildman–Crippen MR) is 108 cm³/mol. The van der Waals surface area contributed by atoms with Crippen LogP contribution in [-0.4, -0.2) is 32.4 Å². The molecule has 0 unspecified atom stereocenters. The van der Waals surface area contributed by atoms with Gasteiger partial charge in [-0.3, -0.25) is 4.79 Å². The van der Waals surface area contributed by atoms with Crippen molar-refractivity contribution in [3.63, 3.8) is 0 Å². The lowest BCUT2D eigenvalue weighted by molar-refractivity contribution is -0.199. The number of ketones is 1. The van der Waals surface area contributed by atoms with Crippen LogP contribution < -0.4 is 4.74 Å². The van der Waals surface area contributed by atoms with Gasteiger partial charge in [-0.15, -0.1) is 0 Å². The highest BCUT2D eigenvalue weighted by Gasteiger charge is 2.31. The number of ether oxygens (including phenoxy) is 3. The molecule has 0 bridgehead atoms. The van der Waals surface area contributed by atoms with E-state index >= 15 is 0 Å². The first-order valence-electron chi connectivity index (χ1n) is 9.51. The number of benzene rings is 2. The topological polar surface area (TPSA) is 44.8 Å². The fourth-order valence-corrected chi connectivity index (χ4v) is 2.84. The number of methoxy groups -OCH3 is 2. The summed E-state index contributed by atoms with van der Waals surface area (Å²) < 4.78 is 16.1. The van der Waals surface area contributed by atoms with Crippen LogP contribution in [0.5, 0.6) is 5.75 Å². The molecule has 0 spiro atoms. The summed E-state index contributed by atoms with van der Waals surface area (Å²) in [7, 11) is 2.98. The molecule has 0 saturated carbocycles. The first kappa shape index (κ1) is 21.1. The second kappa shape index (κ2) is 10.9. The van der Waals surface area contributed by atoms with Gasteiger partial charge in [0.15, 0.2) is 5.78 Å². The van der Waals surface area contributed by atoms with Gasteiger partial charge in [0.25, 0.3) is 0 Å². The Kier molecular flexibility index (Phi) is 8.49. The maximum absolute atomic E-state index is 12.1. The Morgan fingerprint density at radius 3 is 2.04 bits per heavy atom. The Labute approximate surface area is 162 Å². The normalized spacial score (nSPS) is 11.4. The summed E-state index contributed by atoms with van der Waals surface area (Å²) in [6.07, 6.45) is 4.31. The molecule has 2 aromatic rings. The van der Waals surface area contributed by atoms with Gasteiger partial charge in [-0.25, -0.2) is 0 Å². The van der Waals surface area contributed by atoms with Crippen LogP contribution in [0, 0.1) is 0 Å². The highest BCUT2D eigenvalue weighted by molar-refractivity contribution is 5.85. The molecule has 2 aromatic carbocycles. The maximum atomic E-state index is 12.1. The van der Waals surface area contributed by atoms with Crippen molar-refractivity contribution in [1.29, 1.82) is 0 Å². The average molecular weight is 370 g/mol. The van der Waals surface area contributed by atoms with E-state index in [0.29, 0.717) is 13.0 Å². The van der Waals surface area contributed by atoms with Gasteiger partial charge in [0.05, 0.1) is 6.61 Å². The molecule has 0 saturated heterocycles. The van der Waals surface area contributed by atoms with Crippen molar-refractivity contribution < 1.29 is 19.0 Å². The number of carbonyl (C=O) groups excluding carboxylic acids is 1. The van der Waals surface area contributed by atoms with E-state index in [2.05, 4.69) is 24.3 Å². The van der Waals surface area contributed by atoms with E-state index < -0.39 is 5.79 Å². The van der Waals surface area contributed by atoms with Crippen molar-refractivity contribution in [1.82, 2.24) is 0 Å². The van der Waals surface area contributed by atoms with Crippen LogP contribution in [0.3, 0.4) is 0 Å². The zero-order valence-electron chi connectivity index (χ0n) is 16.6. The molecule has 0 aliphatic carbocycles. The van der Waals surface area contributed by atoms with E-state index in [0.717, 1.165) is 31.4 Å². The van der Waals surface area contributed by atoms with Crippen LogP contribution in [0.25, 0.3) is 11.1 Å². The van der Waals surface area contributed by atoms with E-state index in [1.54, 1.807) is 6.92 Å². The summed E-state index contributed by atoms with van der Waals surface area (Å²) in [4.78, 5) is 12.1. The third-order valence-electron chi connectivity index (χ3n) is 4.81. The fourth-order valence-electron chi connectivity index (χ4n) is 2.84. The smallest absolute Gasteiger partial charge is 0.225 e. The summed E-state index contributed by atoms with van der Waals surface area (Å²) >= 11 is 0. The minimum absolute atomic E-state index is 0.0118. The lowest BCUT2D eigenvalue weighted by Gasteiger charge is -2.24. The number of Topliss-reactive ketones (excluding diaryl/α,β-unsaturated/α-hetero) is 1. The number of carbonyl (C=O) groups is 1. The van der Waals surface area contributed by atoms with Crippen molar-refractivity contribution in [3.05, 3.63) is 54.6 Å². The van der Waals surface area contributed by atoms with E-state index in [1.165, 1.54) is 25.3 Å². The monoisotopic (exact) mass is 370 g/mol. The van der Waals surface area contributed by atoms with Crippen molar-refractivity contribution in [2.45, 2.75) is 44.8 Å². The molecular weight excluding hydrogens is 340 g/mol. The maximum Gasteiger partial charge on any atom is 0.225 e. The third kappa shape index (κ3) is 6.49. The highest BCUT2D eigenvalue weighted by Crippen LogP contribution is 2.22. The van der Waals surface area contributed by atoms with E-state index in [1.807, 2.05) is 30.3 Å². The molecule has 2 rings (SSSR count). The quantitative estimate of drug-likeness (QED) is 0.377. The summed E-state index contributed by atoms with van der Waals surface area (Å²) in [6, 6.07) is 18.5. The zero-order chi connectivity index (χ0) is 19.5. The van der Waals surface area contributed by atoms with Gasteiger partial charge in [-0.05, 0) is 43.0 Å². The number of hydrogen-bond donors (Lipinski definition) is 0. The van der Waals surface area contributed by atoms with E-state index in [9.17, 15) is 4.79 Å². The molecule has 0 aromatic heterocycles. The molecule has 0 fully saturated rings. The van der Waals surface area contributed by atoms with Crippen LogP contribution in [0.4, 0.5) is 0 Å². The Bertz CT molecular complexity index is 675. The van der Waals surface area contributed by atoms with Gasteiger partial charge in [-0.1, -0.05) is 55.3 Å². The molecule has 0 N–H and O–H groups in total. The lowest BCUT2D eigenvalue weighted by atomic mass is 10.1.